The molecule has 1 heterocycles. The first-order chi connectivity index (χ1) is 7.63. The largest absolute Gasteiger partial charge is 0.326 e. The summed E-state index contributed by atoms with van der Waals surface area (Å²) in [5.41, 5.74) is 8.51. The van der Waals surface area contributed by atoms with Gasteiger partial charge in [0.15, 0.2) is 0 Å². The van der Waals surface area contributed by atoms with E-state index < -0.39 is 0 Å². The summed E-state index contributed by atoms with van der Waals surface area (Å²) in [7, 11) is 0. The lowest BCUT2D eigenvalue weighted by molar-refractivity contribution is 0.842. The number of hydrogen-bond acceptors (Lipinski definition) is 2. The first kappa shape index (κ1) is 11.6. The summed E-state index contributed by atoms with van der Waals surface area (Å²) in [6.45, 7) is 2.33. The fourth-order valence-corrected chi connectivity index (χ4v) is 2.17. The number of nitrogens with two attached hydrogens (primary N) is 1. The van der Waals surface area contributed by atoms with Gasteiger partial charge in [0, 0.05) is 22.8 Å². The highest BCUT2D eigenvalue weighted by molar-refractivity contribution is 9.10. The van der Waals surface area contributed by atoms with Crippen molar-refractivity contribution in [1.29, 1.82) is 0 Å². The van der Waals surface area contributed by atoms with Gasteiger partial charge in [-0.1, -0.05) is 33.6 Å². The lowest BCUT2D eigenvalue weighted by atomic mass is 10.2. The number of nitrogens with zero attached hydrogens (tertiary/aromatic N) is 2. The summed E-state index contributed by atoms with van der Waals surface area (Å²) in [6, 6.07) is 5.88. The Morgan fingerprint density at radius 2 is 2.25 bits per heavy atom. The molecule has 16 heavy (non-hydrogen) atoms. The van der Waals surface area contributed by atoms with Crippen molar-refractivity contribution in [1.82, 2.24) is 9.78 Å². The van der Waals surface area contributed by atoms with E-state index in [1.54, 1.807) is 10.9 Å². The first-order valence-electron chi connectivity index (χ1n) is 4.83. The van der Waals surface area contributed by atoms with Crippen LogP contribution in [0, 0.1) is 6.92 Å². The molecule has 0 aliphatic rings. The molecular weight excluding hydrogens is 289 g/mol. The number of halogens is 2. The molecule has 1 aromatic heterocycles. The summed E-state index contributed by atoms with van der Waals surface area (Å²) < 4.78 is 2.74. The van der Waals surface area contributed by atoms with Crippen molar-refractivity contribution in [3.05, 3.63) is 45.1 Å². The zero-order valence-corrected chi connectivity index (χ0v) is 11.1. The van der Waals surface area contributed by atoms with E-state index in [4.69, 9.17) is 17.3 Å². The molecule has 1 aromatic carbocycles. The van der Waals surface area contributed by atoms with Crippen LogP contribution >= 0.6 is 27.5 Å². The smallest absolute Gasteiger partial charge is 0.0819 e. The maximum Gasteiger partial charge on any atom is 0.0819 e. The van der Waals surface area contributed by atoms with E-state index >= 15 is 0 Å². The highest BCUT2D eigenvalue weighted by Gasteiger charge is 2.09. The number of aromatic nitrogens is 2. The van der Waals surface area contributed by atoms with Gasteiger partial charge >= 0.3 is 0 Å². The van der Waals surface area contributed by atoms with Crippen molar-refractivity contribution in [2.24, 2.45) is 5.73 Å². The van der Waals surface area contributed by atoms with Crippen LogP contribution in [-0.4, -0.2) is 9.78 Å². The lowest BCUT2D eigenvalue weighted by Gasteiger charge is -2.09. The van der Waals surface area contributed by atoms with Gasteiger partial charge in [-0.15, -0.1) is 0 Å². The molecule has 3 nitrogen and oxygen atoms in total. The summed E-state index contributed by atoms with van der Waals surface area (Å²) in [5, 5.41) is 4.99. The van der Waals surface area contributed by atoms with Gasteiger partial charge in [0.1, 0.15) is 0 Å². The number of hydrogen-bond donors (Lipinski definition) is 1. The second-order valence-electron chi connectivity index (χ2n) is 3.45. The highest BCUT2D eigenvalue weighted by atomic mass is 79.9. The van der Waals surface area contributed by atoms with Crippen LogP contribution in [0.1, 0.15) is 11.3 Å². The van der Waals surface area contributed by atoms with Gasteiger partial charge in [-0.05, 0) is 19.1 Å². The zero-order chi connectivity index (χ0) is 11.7. The minimum Gasteiger partial charge on any atom is -0.326 e. The Morgan fingerprint density at radius 3 is 2.81 bits per heavy atom. The third-order valence-corrected chi connectivity index (χ3v) is 3.50. The van der Waals surface area contributed by atoms with Crippen LogP contribution in [0.2, 0.25) is 5.02 Å². The topological polar surface area (TPSA) is 43.8 Å². The average Bonchev–Trinajstić information content (AvgIpc) is 2.59. The van der Waals surface area contributed by atoms with Crippen LogP contribution in [0.15, 0.2) is 28.9 Å². The molecule has 0 saturated heterocycles. The number of aryl methyl sites for hydroxylation is 1. The monoisotopic (exact) mass is 299 g/mol. The molecule has 0 unspecified atom stereocenters. The molecule has 2 aromatic rings. The molecule has 84 valence electrons. The van der Waals surface area contributed by atoms with Crippen LogP contribution in [0.25, 0.3) is 5.69 Å². The summed E-state index contributed by atoms with van der Waals surface area (Å²) in [6.07, 6.45) is 1.79. The van der Waals surface area contributed by atoms with Gasteiger partial charge in [0.05, 0.1) is 16.4 Å². The van der Waals surface area contributed by atoms with E-state index in [1.807, 2.05) is 25.1 Å². The van der Waals surface area contributed by atoms with Gasteiger partial charge in [-0.25, -0.2) is 4.68 Å². The molecule has 0 aliphatic heterocycles. The zero-order valence-electron chi connectivity index (χ0n) is 8.74. The summed E-state index contributed by atoms with van der Waals surface area (Å²) >= 11 is 9.46. The van der Waals surface area contributed by atoms with Gasteiger partial charge < -0.3 is 5.73 Å². The van der Waals surface area contributed by atoms with Crippen LogP contribution in [-0.2, 0) is 6.54 Å². The molecular formula is C11H11BrClN3. The first-order valence-corrected chi connectivity index (χ1v) is 6.00. The van der Waals surface area contributed by atoms with Crippen molar-refractivity contribution in [2.75, 3.05) is 0 Å². The standard InChI is InChI=1S/C11H11BrClN3/c1-7-10(13)6-16(15-7)11-4-2-3-9(12)8(11)5-14/h2-4,6H,5,14H2,1H3. The Kier molecular flexibility index (Phi) is 3.33. The molecule has 2 rings (SSSR count). The van der Waals surface area contributed by atoms with Crippen molar-refractivity contribution in [3.8, 4) is 5.69 Å². The predicted molar refractivity (Wildman–Crippen MR) is 68.9 cm³/mol. The lowest BCUT2D eigenvalue weighted by Crippen LogP contribution is -2.05. The summed E-state index contributed by atoms with van der Waals surface area (Å²) in [4.78, 5) is 0. The molecule has 0 saturated carbocycles. The van der Waals surface area contributed by atoms with Gasteiger partial charge in [0.2, 0.25) is 0 Å². The van der Waals surface area contributed by atoms with Crippen LogP contribution in [0.4, 0.5) is 0 Å². The van der Waals surface area contributed by atoms with Crippen LogP contribution in [0.5, 0.6) is 0 Å². The third kappa shape index (κ3) is 2.00. The summed E-state index contributed by atoms with van der Waals surface area (Å²) in [5.74, 6) is 0. The van der Waals surface area contributed by atoms with Crippen molar-refractivity contribution < 1.29 is 0 Å². The molecule has 0 aliphatic carbocycles. The number of benzene rings is 1. The Balaban J connectivity index is 2.59. The molecule has 0 atom stereocenters. The maximum atomic E-state index is 5.99. The van der Waals surface area contributed by atoms with Crippen LogP contribution in [0.3, 0.4) is 0 Å². The van der Waals surface area contributed by atoms with Gasteiger partial charge in [-0.3, -0.25) is 0 Å². The quantitative estimate of drug-likeness (QED) is 0.926. The Bertz CT molecular complexity index is 502. The Morgan fingerprint density at radius 1 is 1.50 bits per heavy atom. The number of rotatable bonds is 2. The fraction of sp³-hybridized carbons (Fsp3) is 0.182. The van der Waals surface area contributed by atoms with Gasteiger partial charge in [-0.2, -0.15) is 5.10 Å². The van der Waals surface area contributed by atoms with Crippen molar-refractivity contribution in [2.45, 2.75) is 13.5 Å². The fourth-order valence-electron chi connectivity index (χ4n) is 1.53. The molecule has 0 bridgehead atoms. The predicted octanol–water partition coefficient (Wildman–Crippen LogP) is 3.06. The molecule has 0 fully saturated rings. The Hall–Kier alpha value is -0.840. The van der Waals surface area contributed by atoms with Crippen molar-refractivity contribution >= 4 is 27.5 Å². The molecule has 0 amide bonds. The highest BCUT2D eigenvalue weighted by Crippen LogP contribution is 2.24. The molecule has 5 heteroatoms. The third-order valence-electron chi connectivity index (χ3n) is 2.38. The minimum absolute atomic E-state index is 0.452. The second-order valence-corrected chi connectivity index (χ2v) is 4.71. The maximum absolute atomic E-state index is 5.99. The minimum atomic E-state index is 0.452. The molecule has 2 N–H and O–H groups in total. The Labute approximate surface area is 107 Å². The SMILES string of the molecule is Cc1nn(-c2cccc(Br)c2CN)cc1Cl. The van der Waals surface area contributed by atoms with E-state index in [9.17, 15) is 0 Å². The average molecular weight is 301 g/mol. The van der Waals surface area contributed by atoms with Gasteiger partial charge in [0.25, 0.3) is 0 Å². The normalized spacial score (nSPS) is 10.8. The van der Waals surface area contributed by atoms with Crippen LogP contribution < -0.4 is 5.73 Å². The van der Waals surface area contributed by atoms with E-state index in [0.29, 0.717) is 11.6 Å². The van der Waals surface area contributed by atoms with Crippen molar-refractivity contribution in [3.63, 3.8) is 0 Å². The van der Waals surface area contributed by atoms with E-state index in [1.165, 1.54) is 0 Å². The molecule has 0 spiro atoms. The second kappa shape index (κ2) is 4.57. The van der Waals surface area contributed by atoms with E-state index in [2.05, 4.69) is 21.0 Å². The van der Waals surface area contributed by atoms with E-state index in [0.717, 1.165) is 21.4 Å². The molecule has 0 radical (unpaired) electrons. The van der Waals surface area contributed by atoms with E-state index in [-0.39, 0.29) is 0 Å².